The zero-order chi connectivity index (χ0) is 11.8. The molecule has 2 fully saturated rings. The first-order valence-corrected chi connectivity index (χ1v) is 6.64. The Labute approximate surface area is 102 Å². The van der Waals surface area contributed by atoms with Crippen LogP contribution in [-0.2, 0) is 0 Å². The number of aliphatic hydroxyl groups is 1. The standard InChI is InChI=1S/C14H20N2O/c1-10(17)14-7-6-13(8-15-14)16(12-4-5-12)9-11-2-3-11/h6-8,10-12,17H,2-5,9H2,1H3. The molecule has 2 saturated carbocycles. The maximum Gasteiger partial charge on any atom is 0.0931 e. The number of nitrogens with zero attached hydrogens (tertiary/aromatic N) is 2. The van der Waals surface area contributed by atoms with E-state index < -0.39 is 6.10 Å². The van der Waals surface area contributed by atoms with Crippen molar-refractivity contribution >= 4 is 5.69 Å². The first-order chi connectivity index (χ1) is 8.24. The highest BCUT2D eigenvalue weighted by atomic mass is 16.3. The van der Waals surface area contributed by atoms with Gasteiger partial charge in [-0.3, -0.25) is 4.98 Å². The van der Waals surface area contributed by atoms with Crippen molar-refractivity contribution in [2.75, 3.05) is 11.4 Å². The summed E-state index contributed by atoms with van der Waals surface area (Å²) in [6.07, 6.45) is 6.88. The summed E-state index contributed by atoms with van der Waals surface area (Å²) in [5.41, 5.74) is 1.99. The van der Waals surface area contributed by atoms with Gasteiger partial charge in [0.2, 0.25) is 0 Å². The summed E-state index contributed by atoms with van der Waals surface area (Å²) in [6.45, 7) is 2.95. The number of rotatable bonds is 5. The first-order valence-electron chi connectivity index (χ1n) is 6.64. The van der Waals surface area contributed by atoms with Crippen LogP contribution in [0, 0.1) is 5.92 Å². The van der Waals surface area contributed by atoms with Gasteiger partial charge in [0, 0.05) is 12.6 Å². The average Bonchev–Trinajstić information content (AvgIpc) is 3.18. The fourth-order valence-electron chi connectivity index (χ4n) is 2.24. The van der Waals surface area contributed by atoms with Crippen molar-refractivity contribution in [3.63, 3.8) is 0 Å². The highest BCUT2D eigenvalue weighted by Gasteiger charge is 2.33. The van der Waals surface area contributed by atoms with Gasteiger partial charge in [-0.05, 0) is 50.7 Å². The van der Waals surface area contributed by atoms with Crippen LogP contribution in [0.25, 0.3) is 0 Å². The highest BCUT2D eigenvalue weighted by Crippen LogP contribution is 2.37. The lowest BCUT2D eigenvalue weighted by molar-refractivity contribution is 0.194. The minimum Gasteiger partial charge on any atom is -0.387 e. The van der Waals surface area contributed by atoms with Gasteiger partial charge in [-0.25, -0.2) is 0 Å². The molecule has 0 radical (unpaired) electrons. The molecule has 1 unspecified atom stereocenters. The minimum atomic E-state index is -0.471. The normalized spacial score (nSPS) is 21.3. The smallest absolute Gasteiger partial charge is 0.0931 e. The number of hydrogen-bond donors (Lipinski definition) is 1. The molecule has 92 valence electrons. The van der Waals surface area contributed by atoms with Crippen LogP contribution in [0.2, 0.25) is 0 Å². The Morgan fingerprint density at radius 2 is 2.12 bits per heavy atom. The lowest BCUT2D eigenvalue weighted by Gasteiger charge is -2.24. The third-order valence-corrected chi connectivity index (χ3v) is 3.67. The molecule has 2 aliphatic rings. The molecular formula is C14H20N2O. The summed E-state index contributed by atoms with van der Waals surface area (Å²) in [6, 6.07) is 4.80. The second-order valence-corrected chi connectivity index (χ2v) is 5.44. The zero-order valence-corrected chi connectivity index (χ0v) is 10.3. The quantitative estimate of drug-likeness (QED) is 0.847. The number of hydrogen-bond acceptors (Lipinski definition) is 3. The van der Waals surface area contributed by atoms with Crippen molar-refractivity contribution in [3.8, 4) is 0 Å². The van der Waals surface area contributed by atoms with Crippen LogP contribution in [0.3, 0.4) is 0 Å². The number of aromatic nitrogens is 1. The van der Waals surface area contributed by atoms with E-state index in [0.29, 0.717) is 0 Å². The predicted octanol–water partition coefficient (Wildman–Crippen LogP) is 2.51. The van der Waals surface area contributed by atoms with Gasteiger partial charge in [-0.15, -0.1) is 0 Å². The summed E-state index contributed by atoms with van der Waals surface area (Å²) in [5, 5.41) is 9.45. The van der Waals surface area contributed by atoms with E-state index in [1.807, 2.05) is 12.3 Å². The van der Waals surface area contributed by atoms with Crippen LogP contribution in [-0.4, -0.2) is 22.7 Å². The molecule has 0 bridgehead atoms. The van der Waals surface area contributed by atoms with Crippen LogP contribution in [0.1, 0.15) is 44.4 Å². The molecule has 2 aliphatic carbocycles. The second-order valence-electron chi connectivity index (χ2n) is 5.44. The van der Waals surface area contributed by atoms with Crippen molar-refractivity contribution in [2.45, 2.75) is 44.8 Å². The molecule has 1 aromatic heterocycles. The maximum atomic E-state index is 9.45. The van der Waals surface area contributed by atoms with Crippen LogP contribution in [0.4, 0.5) is 5.69 Å². The Bertz CT molecular complexity index is 380. The lowest BCUT2D eigenvalue weighted by atomic mass is 10.2. The number of aliphatic hydroxyl groups excluding tert-OH is 1. The molecule has 0 saturated heterocycles. The second kappa shape index (κ2) is 4.30. The first kappa shape index (κ1) is 11.0. The Hall–Kier alpha value is -1.09. The van der Waals surface area contributed by atoms with Crippen molar-refractivity contribution in [2.24, 2.45) is 5.92 Å². The largest absolute Gasteiger partial charge is 0.387 e. The van der Waals surface area contributed by atoms with Crippen molar-refractivity contribution in [1.82, 2.24) is 4.98 Å². The maximum absolute atomic E-state index is 9.45. The summed E-state index contributed by atoms with van der Waals surface area (Å²) >= 11 is 0. The van der Waals surface area contributed by atoms with Crippen molar-refractivity contribution in [1.29, 1.82) is 0 Å². The molecule has 3 nitrogen and oxygen atoms in total. The van der Waals surface area contributed by atoms with Gasteiger partial charge in [0.25, 0.3) is 0 Å². The van der Waals surface area contributed by atoms with Crippen LogP contribution in [0.15, 0.2) is 18.3 Å². The van der Waals surface area contributed by atoms with E-state index in [2.05, 4.69) is 16.0 Å². The Morgan fingerprint density at radius 3 is 2.59 bits per heavy atom. The topological polar surface area (TPSA) is 36.4 Å². The fraction of sp³-hybridized carbons (Fsp3) is 0.643. The van der Waals surface area contributed by atoms with Crippen molar-refractivity contribution in [3.05, 3.63) is 24.0 Å². The summed E-state index contributed by atoms with van der Waals surface area (Å²) < 4.78 is 0. The lowest BCUT2D eigenvalue weighted by Crippen LogP contribution is -2.28. The molecule has 3 rings (SSSR count). The molecule has 0 spiro atoms. The van der Waals surface area contributed by atoms with Gasteiger partial charge in [-0.1, -0.05) is 0 Å². The molecule has 1 atom stereocenters. The number of anilines is 1. The van der Waals surface area contributed by atoms with E-state index in [1.54, 1.807) is 6.92 Å². The minimum absolute atomic E-state index is 0.471. The van der Waals surface area contributed by atoms with Crippen LogP contribution < -0.4 is 4.90 Å². The summed E-state index contributed by atoms with van der Waals surface area (Å²) in [7, 11) is 0. The average molecular weight is 232 g/mol. The summed E-state index contributed by atoms with van der Waals surface area (Å²) in [5.74, 6) is 0.909. The van der Waals surface area contributed by atoms with E-state index in [-0.39, 0.29) is 0 Å². The van der Waals surface area contributed by atoms with E-state index in [1.165, 1.54) is 37.9 Å². The molecule has 0 aliphatic heterocycles. The summed E-state index contributed by atoms with van der Waals surface area (Å²) in [4.78, 5) is 6.86. The SMILES string of the molecule is CC(O)c1ccc(N(CC2CC2)C2CC2)cn1. The van der Waals surface area contributed by atoms with Gasteiger partial charge >= 0.3 is 0 Å². The predicted molar refractivity (Wildman–Crippen MR) is 68.0 cm³/mol. The Morgan fingerprint density at radius 1 is 1.35 bits per heavy atom. The van der Waals surface area contributed by atoms with Gasteiger partial charge in [0.1, 0.15) is 0 Å². The van der Waals surface area contributed by atoms with E-state index in [9.17, 15) is 5.11 Å². The van der Waals surface area contributed by atoms with Gasteiger partial charge in [0.05, 0.1) is 23.7 Å². The molecule has 17 heavy (non-hydrogen) atoms. The van der Waals surface area contributed by atoms with Gasteiger partial charge in [-0.2, -0.15) is 0 Å². The zero-order valence-electron chi connectivity index (χ0n) is 10.3. The highest BCUT2D eigenvalue weighted by molar-refractivity contribution is 5.47. The van der Waals surface area contributed by atoms with E-state index in [4.69, 9.17) is 0 Å². The van der Waals surface area contributed by atoms with Crippen LogP contribution >= 0.6 is 0 Å². The molecular weight excluding hydrogens is 212 g/mol. The molecule has 3 heteroatoms. The van der Waals surface area contributed by atoms with Gasteiger partial charge < -0.3 is 10.0 Å². The van der Waals surface area contributed by atoms with Gasteiger partial charge in [0.15, 0.2) is 0 Å². The monoisotopic (exact) mass is 232 g/mol. The Kier molecular flexibility index (Phi) is 2.79. The molecule has 1 N–H and O–H groups in total. The molecule has 0 amide bonds. The third-order valence-electron chi connectivity index (χ3n) is 3.67. The molecule has 0 aromatic carbocycles. The van der Waals surface area contributed by atoms with Crippen molar-refractivity contribution < 1.29 is 5.11 Å². The van der Waals surface area contributed by atoms with Crippen LogP contribution in [0.5, 0.6) is 0 Å². The molecule has 1 heterocycles. The van der Waals surface area contributed by atoms with E-state index in [0.717, 1.165) is 17.7 Å². The fourth-order valence-corrected chi connectivity index (χ4v) is 2.24. The molecule has 1 aromatic rings. The van der Waals surface area contributed by atoms with E-state index >= 15 is 0 Å². The number of pyridine rings is 1. The third kappa shape index (κ3) is 2.60. The Balaban J connectivity index is 1.75.